The molecule has 0 bridgehead atoms. The molecular weight excluding hydrogens is 232 g/mol. The van der Waals surface area contributed by atoms with Crippen molar-refractivity contribution in [1.29, 1.82) is 0 Å². The second kappa shape index (κ2) is 5.08. The molecule has 0 aliphatic rings. The van der Waals surface area contributed by atoms with Crippen LogP contribution < -0.4 is 4.74 Å². The van der Waals surface area contributed by atoms with Crippen LogP contribution in [0.5, 0.6) is 5.75 Å². The molecule has 0 saturated carbocycles. The van der Waals surface area contributed by atoms with Gasteiger partial charge in [0.15, 0.2) is 5.75 Å². The van der Waals surface area contributed by atoms with Crippen LogP contribution in [0.3, 0.4) is 0 Å². The van der Waals surface area contributed by atoms with Crippen molar-refractivity contribution in [3.8, 4) is 5.75 Å². The molecule has 0 aliphatic heterocycles. The van der Waals surface area contributed by atoms with Crippen molar-refractivity contribution in [2.24, 2.45) is 0 Å². The minimum atomic E-state index is -0.373. The van der Waals surface area contributed by atoms with Gasteiger partial charge in [0.1, 0.15) is 5.56 Å². The number of carbonyl (C=O) groups excluding carboxylic acids is 1. The van der Waals surface area contributed by atoms with Crippen molar-refractivity contribution in [2.45, 2.75) is 20.8 Å². The lowest BCUT2D eigenvalue weighted by Gasteiger charge is -2.09. The third-order valence-corrected chi connectivity index (χ3v) is 2.48. The summed E-state index contributed by atoms with van der Waals surface area (Å²) < 4.78 is 12.2. The summed E-state index contributed by atoms with van der Waals surface area (Å²) in [7, 11) is 0. The minimum absolute atomic E-state index is 0.341. The Morgan fingerprint density at radius 1 is 1.33 bits per heavy atom. The standard InChI is InChI=1S/C13H16N2O3/c1-4-17-12-8-15-10(6-9(3)14-15)7-11(12)13(16)18-5-2/h6-8H,4-5H2,1-3H3. The van der Waals surface area contributed by atoms with Crippen molar-refractivity contribution in [3.63, 3.8) is 0 Å². The van der Waals surface area contributed by atoms with Crippen molar-refractivity contribution in [2.75, 3.05) is 13.2 Å². The first kappa shape index (κ1) is 12.4. The van der Waals surface area contributed by atoms with Crippen molar-refractivity contribution in [1.82, 2.24) is 9.61 Å². The number of carbonyl (C=O) groups is 1. The molecule has 0 aromatic carbocycles. The summed E-state index contributed by atoms with van der Waals surface area (Å²) in [5.41, 5.74) is 2.17. The number of pyridine rings is 1. The second-order valence-corrected chi connectivity index (χ2v) is 3.86. The molecule has 0 N–H and O–H groups in total. The molecule has 18 heavy (non-hydrogen) atoms. The van der Waals surface area contributed by atoms with Crippen molar-refractivity contribution >= 4 is 11.5 Å². The van der Waals surface area contributed by atoms with E-state index in [9.17, 15) is 4.79 Å². The molecule has 5 heteroatoms. The molecule has 0 fully saturated rings. The molecule has 0 amide bonds. The number of nitrogens with zero attached hydrogens (tertiary/aromatic N) is 2. The normalized spacial score (nSPS) is 10.6. The smallest absolute Gasteiger partial charge is 0.342 e. The van der Waals surface area contributed by atoms with Crippen LogP contribution >= 0.6 is 0 Å². The molecule has 0 radical (unpaired) electrons. The summed E-state index contributed by atoms with van der Waals surface area (Å²) in [5.74, 6) is 0.119. The molecule has 0 spiro atoms. The lowest BCUT2D eigenvalue weighted by atomic mass is 10.2. The molecule has 2 aromatic heterocycles. The van der Waals surface area contributed by atoms with E-state index < -0.39 is 0 Å². The van der Waals surface area contributed by atoms with E-state index in [0.717, 1.165) is 11.2 Å². The zero-order valence-electron chi connectivity index (χ0n) is 10.8. The Kier molecular flexibility index (Phi) is 3.50. The average Bonchev–Trinajstić information content (AvgIpc) is 2.68. The van der Waals surface area contributed by atoms with Gasteiger partial charge in [0.2, 0.25) is 0 Å². The van der Waals surface area contributed by atoms with Crippen LogP contribution in [-0.2, 0) is 4.74 Å². The van der Waals surface area contributed by atoms with E-state index in [1.807, 2.05) is 19.9 Å². The number of ether oxygens (including phenoxy) is 2. The zero-order chi connectivity index (χ0) is 13.1. The van der Waals surface area contributed by atoms with Gasteiger partial charge in [0, 0.05) is 0 Å². The predicted octanol–water partition coefficient (Wildman–Crippen LogP) is 2.22. The first-order valence-corrected chi connectivity index (χ1v) is 5.95. The van der Waals surface area contributed by atoms with E-state index in [2.05, 4.69) is 5.10 Å². The zero-order valence-corrected chi connectivity index (χ0v) is 10.8. The molecule has 2 aromatic rings. The first-order chi connectivity index (χ1) is 8.65. The number of rotatable bonds is 4. The Morgan fingerprint density at radius 3 is 2.78 bits per heavy atom. The topological polar surface area (TPSA) is 52.8 Å². The fraction of sp³-hybridized carbons (Fsp3) is 0.385. The molecule has 0 atom stereocenters. The molecule has 0 aliphatic carbocycles. The van der Waals surface area contributed by atoms with Gasteiger partial charge in [-0.05, 0) is 32.9 Å². The van der Waals surface area contributed by atoms with Gasteiger partial charge in [0.05, 0.1) is 30.6 Å². The van der Waals surface area contributed by atoms with E-state index in [1.54, 1.807) is 23.7 Å². The SMILES string of the molecule is CCOC(=O)c1cc2cc(C)nn2cc1OCC. The average molecular weight is 248 g/mol. The summed E-state index contributed by atoms with van der Waals surface area (Å²) in [6.45, 7) is 6.37. The summed E-state index contributed by atoms with van der Waals surface area (Å²) in [4.78, 5) is 11.9. The highest BCUT2D eigenvalue weighted by molar-refractivity contribution is 5.93. The molecule has 2 heterocycles. The molecule has 0 unspecified atom stereocenters. The van der Waals surface area contributed by atoms with Crippen LogP contribution in [0.15, 0.2) is 18.3 Å². The highest BCUT2D eigenvalue weighted by atomic mass is 16.5. The molecule has 2 rings (SSSR count). The number of aromatic nitrogens is 2. The maximum absolute atomic E-state index is 11.9. The van der Waals surface area contributed by atoms with Crippen LogP contribution in [0.25, 0.3) is 5.52 Å². The fourth-order valence-corrected chi connectivity index (χ4v) is 1.79. The van der Waals surface area contributed by atoms with E-state index in [-0.39, 0.29) is 5.97 Å². The minimum Gasteiger partial charge on any atom is -0.491 e. The van der Waals surface area contributed by atoms with Gasteiger partial charge in [-0.1, -0.05) is 0 Å². The fourth-order valence-electron chi connectivity index (χ4n) is 1.79. The Bertz CT molecular complexity index is 575. The van der Waals surface area contributed by atoms with E-state index >= 15 is 0 Å². The summed E-state index contributed by atoms with van der Waals surface area (Å²) in [6, 6.07) is 3.64. The van der Waals surface area contributed by atoms with E-state index in [4.69, 9.17) is 9.47 Å². The van der Waals surface area contributed by atoms with Gasteiger partial charge < -0.3 is 9.47 Å². The lowest BCUT2D eigenvalue weighted by molar-refractivity contribution is 0.0522. The van der Waals surface area contributed by atoms with Gasteiger partial charge in [-0.15, -0.1) is 0 Å². The third kappa shape index (κ3) is 2.30. The monoisotopic (exact) mass is 248 g/mol. The van der Waals surface area contributed by atoms with Crippen LogP contribution in [-0.4, -0.2) is 28.8 Å². The van der Waals surface area contributed by atoms with Gasteiger partial charge in [-0.2, -0.15) is 5.10 Å². The highest BCUT2D eigenvalue weighted by Crippen LogP contribution is 2.22. The summed E-state index contributed by atoms with van der Waals surface area (Å²) in [6.07, 6.45) is 1.71. The van der Waals surface area contributed by atoms with Crippen LogP contribution in [0.1, 0.15) is 29.9 Å². The number of hydrogen-bond acceptors (Lipinski definition) is 4. The van der Waals surface area contributed by atoms with Crippen molar-refractivity contribution < 1.29 is 14.3 Å². The maximum Gasteiger partial charge on any atom is 0.342 e. The van der Waals surface area contributed by atoms with Crippen LogP contribution in [0, 0.1) is 6.92 Å². The highest BCUT2D eigenvalue weighted by Gasteiger charge is 2.16. The summed E-state index contributed by atoms with van der Waals surface area (Å²) in [5, 5.41) is 4.29. The Labute approximate surface area is 105 Å². The van der Waals surface area contributed by atoms with Gasteiger partial charge in [0.25, 0.3) is 0 Å². The second-order valence-electron chi connectivity index (χ2n) is 3.86. The summed E-state index contributed by atoms with van der Waals surface area (Å²) >= 11 is 0. The van der Waals surface area contributed by atoms with Crippen LogP contribution in [0.4, 0.5) is 0 Å². The third-order valence-electron chi connectivity index (χ3n) is 2.48. The number of aryl methyl sites for hydroxylation is 1. The number of fused-ring (bicyclic) bond motifs is 1. The Hall–Kier alpha value is -2.04. The van der Waals surface area contributed by atoms with Gasteiger partial charge in [-0.3, -0.25) is 0 Å². The quantitative estimate of drug-likeness (QED) is 0.778. The van der Waals surface area contributed by atoms with Crippen molar-refractivity contribution in [3.05, 3.63) is 29.6 Å². The molecular formula is C13H16N2O3. The maximum atomic E-state index is 11.9. The molecule has 5 nitrogen and oxygen atoms in total. The van der Waals surface area contributed by atoms with E-state index in [0.29, 0.717) is 24.5 Å². The largest absolute Gasteiger partial charge is 0.491 e. The Balaban J connectivity index is 2.53. The first-order valence-electron chi connectivity index (χ1n) is 5.95. The number of esters is 1. The predicted molar refractivity (Wildman–Crippen MR) is 67.1 cm³/mol. The molecule has 0 saturated heterocycles. The molecule has 96 valence electrons. The van der Waals surface area contributed by atoms with Gasteiger partial charge >= 0.3 is 5.97 Å². The van der Waals surface area contributed by atoms with Crippen LogP contribution in [0.2, 0.25) is 0 Å². The van der Waals surface area contributed by atoms with Gasteiger partial charge in [-0.25, -0.2) is 9.31 Å². The van der Waals surface area contributed by atoms with E-state index in [1.165, 1.54) is 0 Å². The lowest BCUT2D eigenvalue weighted by Crippen LogP contribution is -2.09. The Morgan fingerprint density at radius 2 is 2.11 bits per heavy atom. The number of hydrogen-bond donors (Lipinski definition) is 0.